The van der Waals surface area contributed by atoms with Gasteiger partial charge in [-0.25, -0.2) is 0 Å². The summed E-state index contributed by atoms with van der Waals surface area (Å²) in [6.07, 6.45) is 5.91. The van der Waals surface area contributed by atoms with E-state index in [9.17, 15) is 0 Å². The van der Waals surface area contributed by atoms with Gasteiger partial charge < -0.3 is 9.47 Å². The second-order valence-electron chi connectivity index (χ2n) is 8.72. The number of hydrogen-bond donors (Lipinski definition) is 0. The van der Waals surface area contributed by atoms with Crippen LogP contribution < -0.4 is 0 Å². The normalized spacial score (nSPS) is 31.9. The van der Waals surface area contributed by atoms with Crippen LogP contribution >= 0.6 is 0 Å². The molecule has 1 atom stereocenters. The van der Waals surface area contributed by atoms with Crippen molar-refractivity contribution in [3.63, 3.8) is 0 Å². The number of hydrogen-bond acceptors (Lipinski definition) is 3. The van der Waals surface area contributed by atoms with Gasteiger partial charge >= 0.3 is 0 Å². The number of likely N-dealkylation sites (N-methyl/N-ethyl adjacent to an activating group) is 1. The van der Waals surface area contributed by atoms with E-state index in [1.54, 1.807) is 0 Å². The lowest BCUT2D eigenvalue weighted by molar-refractivity contribution is -0.197. The molecular weight excluding hydrogens is 286 g/mol. The third-order valence-electron chi connectivity index (χ3n) is 5.59. The number of rotatable bonds is 6. The summed E-state index contributed by atoms with van der Waals surface area (Å²) in [5.41, 5.74) is 1.64. The summed E-state index contributed by atoms with van der Waals surface area (Å²) in [6, 6.07) is 0. The molecule has 1 heterocycles. The van der Waals surface area contributed by atoms with Crippen LogP contribution in [0.4, 0.5) is 0 Å². The fraction of sp³-hybridized carbons (Fsp3) is 0.900. The standard InChI is InChI=1S/C20H37NO2/c1-7-21(14-16(2)3)13-10-18-15-22-20(23-18)11-8-17(9-12-20)19(4,5)6/h17-18H,2,7-15H2,1,3-6H3. The molecule has 0 radical (unpaired) electrons. The summed E-state index contributed by atoms with van der Waals surface area (Å²) in [4.78, 5) is 2.44. The van der Waals surface area contributed by atoms with E-state index in [-0.39, 0.29) is 11.9 Å². The molecule has 3 heteroatoms. The van der Waals surface area contributed by atoms with Crippen molar-refractivity contribution in [2.75, 3.05) is 26.2 Å². The van der Waals surface area contributed by atoms with Crippen molar-refractivity contribution in [2.24, 2.45) is 11.3 Å². The van der Waals surface area contributed by atoms with Crippen LogP contribution in [0, 0.1) is 11.3 Å². The molecule has 1 aliphatic carbocycles. The van der Waals surface area contributed by atoms with Crippen molar-refractivity contribution >= 4 is 0 Å². The summed E-state index contributed by atoms with van der Waals surface area (Å²) >= 11 is 0. The molecule has 0 aromatic carbocycles. The van der Waals surface area contributed by atoms with E-state index < -0.39 is 0 Å². The Bertz CT molecular complexity index is 391. The van der Waals surface area contributed by atoms with E-state index in [4.69, 9.17) is 9.47 Å². The van der Waals surface area contributed by atoms with Crippen LogP contribution in [0.3, 0.4) is 0 Å². The smallest absolute Gasteiger partial charge is 0.168 e. The Kier molecular flexibility index (Phi) is 6.32. The van der Waals surface area contributed by atoms with Crippen LogP contribution in [0.25, 0.3) is 0 Å². The predicted molar refractivity (Wildman–Crippen MR) is 96.5 cm³/mol. The fourth-order valence-electron chi connectivity index (χ4n) is 4.00. The Hall–Kier alpha value is -0.380. The zero-order valence-electron chi connectivity index (χ0n) is 16.0. The van der Waals surface area contributed by atoms with Gasteiger partial charge in [0.15, 0.2) is 5.79 Å². The zero-order chi connectivity index (χ0) is 17.1. The van der Waals surface area contributed by atoms with Crippen molar-refractivity contribution in [2.45, 2.75) is 78.6 Å². The molecule has 0 aromatic rings. The molecule has 0 aromatic heterocycles. The minimum absolute atomic E-state index is 0.264. The molecule has 0 bridgehead atoms. The lowest BCUT2D eigenvalue weighted by atomic mass is 9.71. The maximum absolute atomic E-state index is 6.38. The zero-order valence-corrected chi connectivity index (χ0v) is 16.0. The summed E-state index contributed by atoms with van der Waals surface area (Å²) in [7, 11) is 0. The van der Waals surface area contributed by atoms with Crippen LogP contribution in [0.15, 0.2) is 12.2 Å². The van der Waals surface area contributed by atoms with Gasteiger partial charge in [0.05, 0.1) is 12.7 Å². The Morgan fingerprint density at radius 2 is 1.91 bits per heavy atom. The largest absolute Gasteiger partial charge is 0.347 e. The third kappa shape index (κ3) is 5.30. The van der Waals surface area contributed by atoms with Gasteiger partial charge in [-0.15, -0.1) is 0 Å². The highest BCUT2D eigenvalue weighted by molar-refractivity contribution is 4.92. The molecular formula is C20H37NO2. The summed E-state index contributed by atoms with van der Waals surface area (Å²) < 4.78 is 12.5. The highest BCUT2D eigenvalue weighted by atomic mass is 16.7. The average Bonchev–Trinajstić information content (AvgIpc) is 2.85. The predicted octanol–water partition coefficient (Wildman–Crippen LogP) is 4.62. The summed E-state index contributed by atoms with van der Waals surface area (Å²) in [6.45, 7) is 19.3. The lowest BCUT2D eigenvalue weighted by Gasteiger charge is -2.41. The molecule has 0 amide bonds. The van der Waals surface area contributed by atoms with E-state index in [0.29, 0.717) is 5.41 Å². The average molecular weight is 324 g/mol. The highest BCUT2D eigenvalue weighted by Crippen LogP contribution is 2.45. The van der Waals surface area contributed by atoms with Crippen LogP contribution in [-0.2, 0) is 9.47 Å². The molecule has 1 unspecified atom stereocenters. The monoisotopic (exact) mass is 323 g/mol. The van der Waals surface area contributed by atoms with E-state index in [2.05, 4.69) is 46.1 Å². The van der Waals surface area contributed by atoms with Crippen molar-refractivity contribution in [1.82, 2.24) is 4.90 Å². The second-order valence-corrected chi connectivity index (χ2v) is 8.72. The lowest BCUT2D eigenvalue weighted by Crippen LogP contribution is -2.39. The van der Waals surface area contributed by atoms with Gasteiger partial charge in [-0.1, -0.05) is 39.8 Å². The van der Waals surface area contributed by atoms with Gasteiger partial charge in [0, 0.05) is 25.9 Å². The molecule has 0 N–H and O–H groups in total. The van der Waals surface area contributed by atoms with Crippen LogP contribution in [-0.4, -0.2) is 43.0 Å². The van der Waals surface area contributed by atoms with Crippen molar-refractivity contribution in [3.05, 3.63) is 12.2 Å². The Balaban J connectivity index is 1.77. The minimum atomic E-state index is -0.266. The molecule has 2 rings (SSSR count). The first-order valence-corrected chi connectivity index (χ1v) is 9.42. The van der Waals surface area contributed by atoms with Crippen LogP contribution in [0.1, 0.15) is 66.7 Å². The topological polar surface area (TPSA) is 21.7 Å². The summed E-state index contributed by atoms with van der Waals surface area (Å²) in [5.74, 6) is 0.531. The SMILES string of the molecule is C=C(C)CN(CC)CCC1COC2(CCC(C(C)(C)C)CC2)O1. The first kappa shape index (κ1) is 19.0. The summed E-state index contributed by atoms with van der Waals surface area (Å²) in [5, 5.41) is 0. The van der Waals surface area contributed by atoms with E-state index >= 15 is 0 Å². The maximum Gasteiger partial charge on any atom is 0.168 e. The fourth-order valence-corrected chi connectivity index (χ4v) is 4.00. The maximum atomic E-state index is 6.38. The Labute approximate surface area is 143 Å². The molecule has 3 nitrogen and oxygen atoms in total. The minimum Gasteiger partial charge on any atom is -0.347 e. The molecule has 1 aliphatic heterocycles. The third-order valence-corrected chi connectivity index (χ3v) is 5.59. The van der Waals surface area contributed by atoms with Gasteiger partial charge in [-0.3, -0.25) is 4.90 Å². The van der Waals surface area contributed by atoms with Gasteiger partial charge in [-0.2, -0.15) is 0 Å². The van der Waals surface area contributed by atoms with Crippen molar-refractivity contribution < 1.29 is 9.47 Å². The van der Waals surface area contributed by atoms with Crippen LogP contribution in [0.2, 0.25) is 0 Å². The Morgan fingerprint density at radius 1 is 1.26 bits per heavy atom. The van der Waals surface area contributed by atoms with Gasteiger partial charge in [-0.05, 0) is 44.1 Å². The van der Waals surface area contributed by atoms with E-state index in [1.807, 2.05) is 0 Å². The van der Waals surface area contributed by atoms with Crippen LogP contribution in [0.5, 0.6) is 0 Å². The van der Waals surface area contributed by atoms with Gasteiger partial charge in [0.25, 0.3) is 0 Å². The molecule has 23 heavy (non-hydrogen) atoms. The molecule has 2 aliphatic rings. The van der Waals surface area contributed by atoms with E-state index in [0.717, 1.165) is 51.4 Å². The van der Waals surface area contributed by atoms with Crippen molar-refractivity contribution in [1.29, 1.82) is 0 Å². The first-order chi connectivity index (χ1) is 10.7. The number of nitrogens with zero attached hydrogens (tertiary/aromatic N) is 1. The highest BCUT2D eigenvalue weighted by Gasteiger charge is 2.45. The molecule has 2 fully saturated rings. The molecule has 1 saturated carbocycles. The quantitative estimate of drug-likeness (QED) is 0.666. The van der Waals surface area contributed by atoms with E-state index in [1.165, 1.54) is 18.4 Å². The molecule has 134 valence electrons. The van der Waals surface area contributed by atoms with Gasteiger partial charge in [0.2, 0.25) is 0 Å². The first-order valence-electron chi connectivity index (χ1n) is 9.42. The molecule has 1 spiro atoms. The second kappa shape index (κ2) is 7.67. The van der Waals surface area contributed by atoms with Crippen molar-refractivity contribution in [3.8, 4) is 0 Å². The molecule has 1 saturated heterocycles. The number of ether oxygens (including phenoxy) is 2. The Morgan fingerprint density at radius 3 is 2.43 bits per heavy atom. The van der Waals surface area contributed by atoms with Gasteiger partial charge in [0.1, 0.15) is 0 Å².